The van der Waals surface area contributed by atoms with Crippen LogP contribution in [0.2, 0.25) is 0 Å². The van der Waals surface area contributed by atoms with Crippen molar-refractivity contribution in [3.05, 3.63) is 413 Å². The monoisotopic (exact) mass is 1660 g/mol. The van der Waals surface area contributed by atoms with Crippen molar-refractivity contribution in [3.63, 3.8) is 0 Å². The Morgan fingerprint density at radius 2 is 0.336 bits per heavy atom. The summed E-state index contributed by atoms with van der Waals surface area (Å²) in [5.74, 6) is 0. The van der Waals surface area contributed by atoms with E-state index in [4.69, 9.17) is 0 Å². The van der Waals surface area contributed by atoms with Gasteiger partial charge in [-0.05, 0) is 204 Å². The van der Waals surface area contributed by atoms with Crippen LogP contribution in [-0.4, -0.2) is 26.4 Å². The second kappa shape index (κ2) is 25.4. The summed E-state index contributed by atoms with van der Waals surface area (Å²) in [5, 5.41) is 10.8. The summed E-state index contributed by atoms with van der Waals surface area (Å²) in [6, 6.07) is 83.3. The number of hydrogen-bond acceptors (Lipinski definition) is 12. The Bertz CT molecular complexity index is 10600. The highest BCUT2D eigenvalue weighted by Crippen LogP contribution is 2.41. The number of para-hydroxylation sites is 10. The van der Waals surface area contributed by atoms with Crippen LogP contribution < -0.4 is 65.1 Å². The summed E-state index contributed by atoms with van der Waals surface area (Å²) in [6.07, 6.45) is 0. The van der Waals surface area contributed by atoms with Gasteiger partial charge in [0.15, 0.2) is 65.1 Å². The molecule has 27 aromatic rings. The van der Waals surface area contributed by atoms with E-state index >= 15 is 4.79 Å². The highest BCUT2D eigenvalue weighted by Gasteiger charge is 2.31. The van der Waals surface area contributed by atoms with E-state index in [1.165, 1.54) is 0 Å². The summed E-state index contributed by atoms with van der Waals surface area (Å²) in [6.45, 7) is 12.4. The Balaban J connectivity index is 0.000000105. The highest BCUT2D eigenvalue weighted by atomic mass is 16.2. The lowest BCUT2D eigenvalue weighted by molar-refractivity contribution is 0.591. The minimum Gasteiger partial charge on any atom is -0.307 e. The van der Waals surface area contributed by atoms with E-state index in [2.05, 4.69) is 41.5 Å². The molecule has 0 aliphatic carbocycles. The summed E-state index contributed by atoms with van der Waals surface area (Å²) < 4.78 is 11.7. The number of benzene rings is 15. The van der Waals surface area contributed by atoms with Crippen molar-refractivity contribution in [1.82, 2.24) is 26.4 Å². The van der Waals surface area contributed by atoms with Gasteiger partial charge in [0.05, 0.1) is 110 Å². The molecule has 128 heavy (non-hydrogen) atoms. The molecule has 0 bridgehead atoms. The van der Waals surface area contributed by atoms with Gasteiger partial charge in [-0.25, -0.2) is 0 Å². The van der Waals surface area contributed by atoms with E-state index in [1.807, 2.05) is 172 Å². The van der Waals surface area contributed by atoms with Crippen molar-refractivity contribution in [1.29, 1.82) is 0 Å². The van der Waals surface area contributed by atoms with E-state index in [-0.39, 0.29) is 76.0 Å². The Morgan fingerprint density at radius 1 is 0.148 bits per heavy atom. The standard InChI is InChI=1S/C42H32N2O4.2C34H16N2O4/c1-41(2,3)21-18-27-35-28(19-21)39(47)25-15-16-32-33(36(25)44(35)31-14-10-8-12-24(31)38(27)46)40(48)29-20-22(42(4,5)6)17-26-34(29)43(32)30-13-9-7-11-23(30)37(26)45;37-31-17-7-1-3-13-24(17)35-26-16-15-23-30(27(26)34(40)22-12-6-9-19(31)28(22)35)36-25-14-4-2-8-18(25)32(38)20-10-5-11-21(29(20)36)33(23)39;37-31-17-7-1-3-13-25(17)35-27-15-24-28(16-23(27)33(39)21-11-5-9-19(31)29(21)35)36-26-14-4-2-8-18(26)32(38)20-10-6-12-22(30(20)36)34(24)40/h7-20H,1-6H3;2*1-16H. The molecular weight excluding hydrogens is 1600 g/mol. The molecule has 0 amide bonds. The van der Waals surface area contributed by atoms with E-state index in [1.54, 1.807) is 133 Å². The molecule has 0 aliphatic rings. The average Bonchev–Trinajstić information content (AvgIpc) is 0.694. The Kier molecular flexibility index (Phi) is 14.7. The van der Waals surface area contributed by atoms with Crippen LogP contribution in [0.1, 0.15) is 52.7 Å². The van der Waals surface area contributed by atoms with Gasteiger partial charge in [-0.2, -0.15) is 0 Å². The molecule has 0 atom stereocenters. The summed E-state index contributed by atoms with van der Waals surface area (Å²) in [4.78, 5) is 168. The van der Waals surface area contributed by atoms with Crippen molar-refractivity contribution < 1.29 is 0 Å². The number of fused-ring (bicyclic) bond motifs is 26. The van der Waals surface area contributed by atoms with Gasteiger partial charge >= 0.3 is 0 Å². The number of aromatic nitrogens is 6. The lowest BCUT2D eigenvalue weighted by Crippen LogP contribution is -2.20. The van der Waals surface area contributed by atoms with Crippen molar-refractivity contribution in [2.45, 2.75) is 52.4 Å². The van der Waals surface area contributed by atoms with Gasteiger partial charge in [0.2, 0.25) is 0 Å². The SMILES string of the molecule is CC(C)(C)c1cc2c(=O)c3ccccc3n3c4ccc5c(=O)c6cc(C(C)(C)C)cc7c(=O)c8ccccc8n(c76)c5c4c(=O)c(c1)c23.O=c1c2ccccc2n2c3cc4c(=O)c5cccc6c(=O)c7ccccc7n(c4cc3c(=O)c3cccc1c32)c65.O=c1c2ccccc2n2c3ccc4c(=O)c5cccc6c(=O)c7ccccc7n(c65)c4c3c(=O)c3cccc1c32. The van der Waals surface area contributed by atoms with Crippen molar-refractivity contribution >= 4 is 229 Å². The lowest BCUT2D eigenvalue weighted by atomic mass is 9.84. The molecule has 12 heterocycles. The zero-order valence-corrected chi connectivity index (χ0v) is 69.1. The topological polar surface area (TPSA) is 231 Å². The molecule has 0 spiro atoms. The summed E-state index contributed by atoms with van der Waals surface area (Å²) >= 11 is 0. The largest absolute Gasteiger partial charge is 0.307 e. The summed E-state index contributed by atoms with van der Waals surface area (Å²) in [5.41, 5.74) is 9.23. The van der Waals surface area contributed by atoms with Gasteiger partial charge in [-0.1, -0.05) is 139 Å². The van der Waals surface area contributed by atoms with Gasteiger partial charge in [0.25, 0.3) is 0 Å². The minimum absolute atomic E-state index is 0.120. The first-order valence-corrected chi connectivity index (χ1v) is 42.2. The number of hydrogen-bond donors (Lipinski definition) is 0. The molecule has 18 nitrogen and oxygen atoms in total. The predicted molar refractivity (Wildman–Crippen MR) is 520 cm³/mol. The molecule has 27 rings (SSSR count). The fourth-order valence-corrected chi connectivity index (χ4v) is 21.1. The fourth-order valence-electron chi connectivity index (χ4n) is 21.1. The van der Waals surface area contributed by atoms with Gasteiger partial charge in [0, 0.05) is 118 Å². The third-order valence-electron chi connectivity index (χ3n) is 27.0. The zero-order valence-electron chi connectivity index (χ0n) is 69.1. The summed E-state index contributed by atoms with van der Waals surface area (Å²) in [7, 11) is 0. The van der Waals surface area contributed by atoms with Crippen LogP contribution in [0.4, 0.5) is 0 Å². The Labute approximate surface area is 715 Å². The second-order valence-corrected chi connectivity index (χ2v) is 35.8. The van der Waals surface area contributed by atoms with Gasteiger partial charge in [-0.3, -0.25) is 57.5 Å². The van der Waals surface area contributed by atoms with E-state index in [0.717, 1.165) is 11.1 Å². The van der Waals surface area contributed by atoms with Gasteiger partial charge < -0.3 is 26.4 Å². The lowest BCUT2D eigenvalue weighted by Gasteiger charge is -2.23. The average molecular weight is 1660 g/mol. The second-order valence-electron chi connectivity index (χ2n) is 35.8. The maximum atomic E-state index is 15.1. The van der Waals surface area contributed by atoms with Crippen molar-refractivity contribution in [2.75, 3.05) is 0 Å². The molecule has 0 unspecified atom stereocenters. The zero-order chi connectivity index (χ0) is 87.3. The molecule has 0 radical (unpaired) electrons. The van der Waals surface area contributed by atoms with Crippen molar-refractivity contribution in [3.8, 4) is 0 Å². The van der Waals surface area contributed by atoms with E-state index in [9.17, 15) is 52.7 Å². The van der Waals surface area contributed by atoms with Crippen LogP contribution in [0.5, 0.6) is 0 Å². The van der Waals surface area contributed by atoms with Crippen LogP contribution in [0, 0.1) is 0 Å². The maximum absolute atomic E-state index is 15.1. The first kappa shape index (κ1) is 73.8. The molecule has 0 saturated heterocycles. The van der Waals surface area contributed by atoms with Gasteiger partial charge in [0.1, 0.15) is 0 Å². The Morgan fingerprint density at radius 3 is 0.633 bits per heavy atom. The van der Waals surface area contributed by atoms with Crippen molar-refractivity contribution in [2.24, 2.45) is 0 Å². The molecule has 0 fully saturated rings. The number of nitrogens with zero attached hydrogens (tertiary/aromatic N) is 6. The van der Waals surface area contributed by atoms with Crippen LogP contribution in [0.25, 0.3) is 229 Å². The third-order valence-corrected chi connectivity index (χ3v) is 27.0. The molecule has 0 aliphatic heterocycles. The van der Waals surface area contributed by atoms with E-state index < -0.39 is 0 Å². The predicted octanol–water partition coefficient (Wildman–Crippen LogP) is 18.9. The third kappa shape index (κ3) is 9.47. The number of rotatable bonds is 0. The van der Waals surface area contributed by atoms with E-state index in [0.29, 0.717) is 229 Å². The van der Waals surface area contributed by atoms with Crippen LogP contribution in [0.15, 0.2) is 337 Å². The molecule has 15 aromatic carbocycles. The van der Waals surface area contributed by atoms with Crippen LogP contribution in [0.3, 0.4) is 0 Å². The first-order valence-electron chi connectivity index (χ1n) is 42.2. The molecule has 0 N–H and O–H groups in total. The smallest absolute Gasteiger partial charge is 0.199 e. The molecule has 606 valence electrons. The molecule has 18 heteroatoms. The quantitative estimate of drug-likeness (QED) is 0.102. The molecule has 0 saturated carbocycles. The normalized spacial score (nSPS) is 12.7. The maximum Gasteiger partial charge on any atom is 0.199 e. The van der Waals surface area contributed by atoms with Gasteiger partial charge in [-0.15, -0.1) is 0 Å². The molecule has 12 aromatic heterocycles. The first-order chi connectivity index (χ1) is 61.9. The highest BCUT2D eigenvalue weighted by molar-refractivity contribution is 6.22. The van der Waals surface area contributed by atoms with Crippen LogP contribution in [-0.2, 0) is 10.8 Å². The fraction of sp³-hybridized carbons (Fsp3) is 0.0727. The Hall–Kier alpha value is -16.9. The number of pyridine rings is 12. The van der Waals surface area contributed by atoms with Crippen LogP contribution >= 0.6 is 0 Å². The molecular formula is C110H64N6O12. The minimum atomic E-state index is -0.342.